The van der Waals surface area contributed by atoms with Crippen molar-refractivity contribution in [1.82, 2.24) is 10.2 Å². The summed E-state index contributed by atoms with van der Waals surface area (Å²) in [6.45, 7) is 9.36. The summed E-state index contributed by atoms with van der Waals surface area (Å²) in [7, 11) is 2.33. The second-order valence-corrected chi connectivity index (χ2v) is 6.30. The molecule has 0 aromatic carbocycles. The van der Waals surface area contributed by atoms with Crippen molar-refractivity contribution in [2.24, 2.45) is 5.92 Å². The zero-order valence-corrected chi connectivity index (χ0v) is 13.0. The van der Waals surface area contributed by atoms with Crippen LogP contribution in [0.25, 0.3) is 0 Å². The number of hydrogen-bond donors (Lipinski definition) is 1. The van der Waals surface area contributed by atoms with Crippen molar-refractivity contribution < 1.29 is 0 Å². The average Bonchev–Trinajstić information content (AvgIpc) is 2.36. The Kier molecular flexibility index (Phi) is 7.92. The van der Waals surface area contributed by atoms with Crippen molar-refractivity contribution in [2.75, 3.05) is 20.1 Å². The van der Waals surface area contributed by atoms with Crippen LogP contribution in [-0.4, -0.2) is 37.1 Å². The molecule has 2 heteroatoms. The van der Waals surface area contributed by atoms with Crippen molar-refractivity contribution in [3.8, 4) is 0 Å². The van der Waals surface area contributed by atoms with Crippen LogP contribution >= 0.6 is 0 Å². The van der Waals surface area contributed by atoms with Crippen molar-refractivity contribution in [2.45, 2.75) is 77.8 Å². The van der Waals surface area contributed by atoms with Crippen LogP contribution in [0, 0.1) is 5.92 Å². The van der Waals surface area contributed by atoms with Crippen LogP contribution in [0.5, 0.6) is 0 Å². The Morgan fingerprint density at radius 2 is 2.00 bits per heavy atom. The van der Waals surface area contributed by atoms with E-state index < -0.39 is 0 Å². The predicted molar refractivity (Wildman–Crippen MR) is 81.0 cm³/mol. The Bertz CT molecular complexity index is 205. The van der Waals surface area contributed by atoms with Gasteiger partial charge in [-0.15, -0.1) is 0 Å². The first-order valence-electron chi connectivity index (χ1n) is 8.10. The number of hydrogen-bond acceptors (Lipinski definition) is 2. The Morgan fingerprint density at radius 3 is 2.61 bits per heavy atom. The third-order valence-electron chi connectivity index (χ3n) is 4.36. The van der Waals surface area contributed by atoms with E-state index in [0.717, 1.165) is 12.0 Å². The molecule has 1 aliphatic carbocycles. The molecule has 1 saturated carbocycles. The summed E-state index contributed by atoms with van der Waals surface area (Å²) in [6.07, 6.45) is 9.53. The fourth-order valence-electron chi connectivity index (χ4n) is 3.25. The van der Waals surface area contributed by atoms with Crippen LogP contribution < -0.4 is 5.32 Å². The molecule has 1 N–H and O–H groups in total. The van der Waals surface area contributed by atoms with Crippen molar-refractivity contribution in [3.05, 3.63) is 0 Å². The van der Waals surface area contributed by atoms with Crippen LogP contribution in [0.1, 0.15) is 65.7 Å². The van der Waals surface area contributed by atoms with Crippen LogP contribution in [-0.2, 0) is 0 Å². The first-order valence-corrected chi connectivity index (χ1v) is 8.10. The number of nitrogens with one attached hydrogen (secondary N) is 1. The van der Waals surface area contributed by atoms with Gasteiger partial charge < -0.3 is 10.2 Å². The zero-order chi connectivity index (χ0) is 13.4. The highest BCUT2D eigenvalue weighted by atomic mass is 15.2. The summed E-state index contributed by atoms with van der Waals surface area (Å²) in [5.41, 5.74) is 0. The van der Waals surface area contributed by atoms with Gasteiger partial charge in [-0.2, -0.15) is 0 Å². The van der Waals surface area contributed by atoms with E-state index in [1.165, 1.54) is 58.0 Å². The van der Waals surface area contributed by atoms with Crippen LogP contribution in [0.3, 0.4) is 0 Å². The highest BCUT2D eigenvalue weighted by molar-refractivity contribution is 4.80. The molecule has 18 heavy (non-hydrogen) atoms. The normalized spacial score (nSPS) is 26.5. The molecule has 0 aromatic heterocycles. The minimum atomic E-state index is 0.692. The molecular formula is C16H34N2. The monoisotopic (exact) mass is 254 g/mol. The van der Waals surface area contributed by atoms with Crippen molar-refractivity contribution in [3.63, 3.8) is 0 Å². The van der Waals surface area contributed by atoms with Crippen molar-refractivity contribution >= 4 is 0 Å². The molecule has 3 atom stereocenters. The molecule has 1 rings (SSSR count). The zero-order valence-electron chi connectivity index (χ0n) is 13.0. The van der Waals surface area contributed by atoms with Gasteiger partial charge in [0.2, 0.25) is 0 Å². The van der Waals surface area contributed by atoms with Gasteiger partial charge in [0.25, 0.3) is 0 Å². The molecule has 0 amide bonds. The summed E-state index contributed by atoms with van der Waals surface area (Å²) < 4.78 is 0. The van der Waals surface area contributed by atoms with Gasteiger partial charge in [0.15, 0.2) is 0 Å². The third kappa shape index (κ3) is 5.71. The van der Waals surface area contributed by atoms with Gasteiger partial charge in [-0.3, -0.25) is 0 Å². The predicted octanol–water partition coefficient (Wildman–Crippen LogP) is 3.67. The lowest BCUT2D eigenvalue weighted by molar-refractivity contribution is 0.148. The van der Waals surface area contributed by atoms with Gasteiger partial charge in [0, 0.05) is 18.6 Å². The Labute approximate surface area is 115 Å². The molecule has 0 spiro atoms. The van der Waals surface area contributed by atoms with Gasteiger partial charge in [-0.05, 0) is 45.2 Å². The summed E-state index contributed by atoms with van der Waals surface area (Å²) in [4.78, 5) is 2.62. The van der Waals surface area contributed by atoms with Gasteiger partial charge in [-0.1, -0.05) is 40.0 Å². The molecule has 3 unspecified atom stereocenters. The van der Waals surface area contributed by atoms with E-state index in [-0.39, 0.29) is 0 Å². The maximum absolute atomic E-state index is 3.71. The first-order chi connectivity index (χ1) is 8.67. The largest absolute Gasteiger partial charge is 0.313 e. The Balaban J connectivity index is 2.36. The van der Waals surface area contributed by atoms with E-state index in [1.54, 1.807) is 0 Å². The number of rotatable bonds is 8. The molecular weight excluding hydrogens is 220 g/mol. The summed E-state index contributed by atoms with van der Waals surface area (Å²) >= 11 is 0. The average molecular weight is 254 g/mol. The van der Waals surface area contributed by atoms with Gasteiger partial charge >= 0.3 is 0 Å². The van der Waals surface area contributed by atoms with E-state index in [0.29, 0.717) is 6.04 Å². The van der Waals surface area contributed by atoms with Gasteiger partial charge in [0.1, 0.15) is 0 Å². The minimum absolute atomic E-state index is 0.692. The lowest BCUT2D eigenvalue weighted by Gasteiger charge is -2.36. The van der Waals surface area contributed by atoms with E-state index >= 15 is 0 Å². The molecule has 0 saturated heterocycles. The van der Waals surface area contributed by atoms with Gasteiger partial charge in [0.05, 0.1) is 0 Å². The Hall–Kier alpha value is -0.0800. The second kappa shape index (κ2) is 8.92. The quantitative estimate of drug-likeness (QED) is 0.711. The van der Waals surface area contributed by atoms with E-state index in [1.807, 2.05) is 0 Å². The molecule has 0 aromatic rings. The molecule has 1 fully saturated rings. The molecule has 2 nitrogen and oxygen atoms in total. The fourth-order valence-corrected chi connectivity index (χ4v) is 3.25. The lowest BCUT2D eigenvalue weighted by atomic mass is 9.86. The second-order valence-electron chi connectivity index (χ2n) is 6.30. The van der Waals surface area contributed by atoms with E-state index in [9.17, 15) is 0 Å². The Morgan fingerprint density at radius 1 is 1.22 bits per heavy atom. The number of nitrogens with zero attached hydrogens (tertiary/aromatic N) is 1. The topological polar surface area (TPSA) is 15.3 Å². The molecule has 0 aliphatic heterocycles. The lowest BCUT2D eigenvalue weighted by Crippen LogP contribution is -2.45. The summed E-state index contributed by atoms with van der Waals surface area (Å²) in [6, 6.07) is 1.52. The first kappa shape index (κ1) is 16.0. The summed E-state index contributed by atoms with van der Waals surface area (Å²) in [5.74, 6) is 0.930. The van der Waals surface area contributed by atoms with Crippen LogP contribution in [0.2, 0.25) is 0 Å². The molecule has 108 valence electrons. The SMILES string of the molecule is CCCNC(CCC)CN(C)C1CCCC(C)C1. The fraction of sp³-hybridized carbons (Fsp3) is 1.00. The smallest absolute Gasteiger partial charge is 0.0194 e. The highest BCUT2D eigenvalue weighted by Crippen LogP contribution is 2.26. The maximum atomic E-state index is 3.71. The number of likely N-dealkylation sites (N-methyl/N-ethyl adjacent to an activating group) is 1. The van der Waals surface area contributed by atoms with E-state index in [4.69, 9.17) is 0 Å². The summed E-state index contributed by atoms with van der Waals surface area (Å²) in [5, 5.41) is 3.71. The molecule has 0 radical (unpaired) electrons. The van der Waals surface area contributed by atoms with Gasteiger partial charge in [-0.25, -0.2) is 0 Å². The molecule has 0 bridgehead atoms. The minimum Gasteiger partial charge on any atom is -0.313 e. The van der Waals surface area contributed by atoms with Crippen molar-refractivity contribution in [1.29, 1.82) is 0 Å². The van der Waals surface area contributed by atoms with E-state index in [2.05, 4.69) is 38.0 Å². The highest BCUT2D eigenvalue weighted by Gasteiger charge is 2.23. The third-order valence-corrected chi connectivity index (χ3v) is 4.36. The van der Waals surface area contributed by atoms with Crippen LogP contribution in [0.4, 0.5) is 0 Å². The molecule has 0 heterocycles. The maximum Gasteiger partial charge on any atom is 0.0194 e. The standard InChI is InChI=1S/C16H34N2/c1-5-8-15(17-11-6-2)13-18(4)16-10-7-9-14(3)12-16/h14-17H,5-13H2,1-4H3. The molecule has 1 aliphatic rings. The van der Waals surface area contributed by atoms with Crippen LogP contribution in [0.15, 0.2) is 0 Å².